The summed E-state index contributed by atoms with van der Waals surface area (Å²) < 4.78 is 0. The third kappa shape index (κ3) is 13.4. The van der Waals surface area contributed by atoms with Crippen molar-refractivity contribution in [3.63, 3.8) is 0 Å². The highest BCUT2D eigenvalue weighted by atomic mass is 16.2. The van der Waals surface area contributed by atoms with Crippen molar-refractivity contribution in [2.75, 3.05) is 6.54 Å². The van der Waals surface area contributed by atoms with Gasteiger partial charge in [-0.25, -0.2) is 0 Å². The number of rotatable bonds is 20. The molecule has 0 aromatic carbocycles. The van der Waals surface area contributed by atoms with E-state index in [0.717, 1.165) is 0 Å². The van der Waals surface area contributed by atoms with E-state index >= 15 is 0 Å². The fourth-order valence-electron chi connectivity index (χ4n) is 4.03. The van der Waals surface area contributed by atoms with Crippen LogP contribution in [0.5, 0.6) is 0 Å². The van der Waals surface area contributed by atoms with Crippen LogP contribution in [0.15, 0.2) is 0 Å². The summed E-state index contributed by atoms with van der Waals surface area (Å²) in [5, 5.41) is 8.60. The second-order valence-corrected chi connectivity index (χ2v) is 11.3. The van der Waals surface area contributed by atoms with Crippen LogP contribution >= 0.6 is 0 Å². The van der Waals surface area contributed by atoms with E-state index in [2.05, 4.69) is 16.0 Å². The molecule has 0 heterocycles. The average molecular weight is 538 g/mol. The predicted molar refractivity (Wildman–Crippen MR) is 148 cm³/mol. The molecule has 0 aliphatic rings. The summed E-state index contributed by atoms with van der Waals surface area (Å²) in [5.41, 5.74) is 0. The molecular formula is C29H51N3O6. The minimum Gasteiger partial charge on any atom is -0.346 e. The van der Waals surface area contributed by atoms with Crippen LogP contribution in [0.25, 0.3) is 0 Å². The summed E-state index contributed by atoms with van der Waals surface area (Å²) in [6.45, 7) is 16.7. The quantitative estimate of drug-likeness (QED) is 0.217. The maximum absolute atomic E-state index is 12.8. The lowest BCUT2D eigenvalue weighted by Gasteiger charge is -2.23. The Morgan fingerprint density at radius 2 is 0.842 bits per heavy atom. The number of amides is 2. The van der Waals surface area contributed by atoms with Gasteiger partial charge in [0.25, 0.3) is 0 Å². The Bertz CT molecular complexity index is 819. The molecule has 9 nitrogen and oxygen atoms in total. The average Bonchev–Trinajstić information content (AvgIpc) is 2.84. The van der Waals surface area contributed by atoms with Gasteiger partial charge < -0.3 is 16.0 Å². The highest BCUT2D eigenvalue weighted by molar-refractivity contribution is 5.93. The van der Waals surface area contributed by atoms with Gasteiger partial charge in [-0.05, 0) is 25.8 Å². The van der Waals surface area contributed by atoms with E-state index in [1.54, 1.807) is 41.5 Å². The molecule has 0 spiro atoms. The maximum Gasteiger partial charge on any atom is 0.220 e. The van der Waals surface area contributed by atoms with E-state index in [4.69, 9.17) is 0 Å². The largest absolute Gasteiger partial charge is 0.346 e. The Balaban J connectivity index is 5.23. The lowest BCUT2D eigenvalue weighted by Crippen LogP contribution is -2.46. The third-order valence-electron chi connectivity index (χ3n) is 6.50. The molecule has 0 aromatic rings. The maximum atomic E-state index is 12.8. The Hall–Kier alpha value is -2.42. The molecular weight excluding hydrogens is 486 g/mol. The van der Waals surface area contributed by atoms with Crippen molar-refractivity contribution in [3.05, 3.63) is 0 Å². The number of carbonyl (C=O) groups excluding carboxylic acids is 6. The lowest BCUT2D eigenvalue weighted by atomic mass is 9.94. The summed E-state index contributed by atoms with van der Waals surface area (Å²) >= 11 is 0. The lowest BCUT2D eigenvalue weighted by molar-refractivity contribution is -0.132. The van der Waals surface area contributed by atoms with Gasteiger partial charge in [-0.2, -0.15) is 0 Å². The minimum absolute atomic E-state index is 0.0255. The van der Waals surface area contributed by atoms with E-state index in [9.17, 15) is 28.8 Å². The molecule has 2 amide bonds. The van der Waals surface area contributed by atoms with Crippen molar-refractivity contribution in [1.29, 1.82) is 0 Å². The van der Waals surface area contributed by atoms with E-state index < -0.39 is 24.0 Å². The second kappa shape index (κ2) is 18.0. The number of ketones is 4. The molecule has 3 unspecified atom stereocenters. The zero-order chi connectivity index (χ0) is 29.6. The molecule has 218 valence electrons. The Morgan fingerprint density at radius 1 is 0.500 bits per heavy atom. The van der Waals surface area contributed by atoms with Crippen molar-refractivity contribution < 1.29 is 28.8 Å². The minimum atomic E-state index is -0.853. The van der Waals surface area contributed by atoms with Crippen molar-refractivity contribution in [3.8, 4) is 0 Å². The van der Waals surface area contributed by atoms with Crippen LogP contribution in [0.1, 0.15) is 101 Å². The van der Waals surface area contributed by atoms with Gasteiger partial charge in [0.15, 0.2) is 17.3 Å². The van der Waals surface area contributed by atoms with Crippen molar-refractivity contribution in [2.24, 2.45) is 23.7 Å². The molecule has 0 radical (unpaired) electrons. The molecule has 0 aliphatic carbocycles. The van der Waals surface area contributed by atoms with E-state index in [-0.39, 0.29) is 84.8 Å². The zero-order valence-corrected chi connectivity index (χ0v) is 24.9. The molecule has 0 aliphatic heterocycles. The number of nitrogens with one attached hydrogen (secondary N) is 3. The second-order valence-electron chi connectivity index (χ2n) is 11.3. The molecule has 0 rings (SSSR count). The van der Waals surface area contributed by atoms with Crippen LogP contribution in [0.2, 0.25) is 0 Å². The van der Waals surface area contributed by atoms with Crippen molar-refractivity contribution >= 4 is 34.9 Å². The van der Waals surface area contributed by atoms with Crippen molar-refractivity contribution in [1.82, 2.24) is 16.0 Å². The molecule has 0 saturated heterocycles. The van der Waals surface area contributed by atoms with Crippen LogP contribution in [-0.2, 0) is 28.8 Å². The molecule has 3 N–H and O–H groups in total. The van der Waals surface area contributed by atoms with Gasteiger partial charge in [0.05, 0.1) is 18.1 Å². The van der Waals surface area contributed by atoms with Gasteiger partial charge >= 0.3 is 0 Å². The molecule has 0 bridgehead atoms. The summed E-state index contributed by atoms with van der Waals surface area (Å²) in [6.07, 6.45) is 0.831. The number of carbonyl (C=O) groups is 6. The number of hydrogen-bond acceptors (Lipinski definition) is 7. The SMILES string of the molecule is CCNC(CCC(=O)NC(CCC(=O)NC(CCC(=O)C(C)C)C(=O)C(C)C)C(=O)C(C)C)C(=O)C(C)C. The molecule has 3 atom stereocenters. The zero-order valence-electron chi connectivity index (χ0n) is 24.9. The number of hydrogen-bond donors (Lipinski definition) is 3. The molecule has 0 saturated carbocycles. The fraction of sp³-hybridized carbons (Fsp3) is 0.793. The summed E-state index contributed by atoms with van der Waals surface area (Å²) in [7, 11) is 0. The third-order valence-corrected chi connectivity index (χ3v) is 6.50. The predicted octanol–water partition coefficient (Wildman–Crippen LogP) is 3.18. The van der Waals surface area contributed by atoms with Crippen LogP contribution in [0.3, 0.4) is 0 Å². The van der Waals surface area contributed by atoms with Crippen LogP contribution in [0, 0.1) is 23.7 Å². The van der Waals surface area contributed by atoms with Gasteiger partial charge in [-0.3, -0.25) is 28.8 Å². The first-order valence-electron chi connectivity index (χ1n) is 14.1. The molecule has 0 aromatic heterocycles. The molecule has 38 heavy (non-hydrogen) atoms. The highest BCUT2D eigenvalue weighted by Gasteiger charge is 2.28. The van der Waals surface area contributed by atoms with Crippen LogP contribution in [-0.4, -0.2) is 59.6 Å². The normalized spacial score (nSPS) is 13.9. The monoisotopic (exact) mass is 537 g/mol. The van der Waals surface area contributed by atoms with Crippen molar-refractivity contribution in [2.45, 2.75) is 119 Å². The van der Waals surface area contributed by atoms with E-state index in [1.807, 2.05) is 20.8 Å². The van der Waals surface area contributed by atoms with Crippen LogP contribution < -0.4 is 16.0 Å². The Labute approximate surface area is 229 Å². The van der Waals surface area contributed by atoms with Gasteiger partial charge in [0.2, 0.25) is 11.8 Å². The fourth-order valence-corrected chi connectivity index (χ4v) is 4.03. The number of likely N-dealkylation sites (N-methyl/N-ethyl adjacent to an activating group) is 1. The van der Waals surface area contributed by atoms with E-state index in [0.29, 0.717) is 13.0 Å². The molecule has 9 heteroatoms. The summed E-state index contributed by atoms with van der Waals surface area (Å²) in [4.78, 5) is 75.3. The first kappa shape index (κ1) is 35.6. The first-order chi connectivity index (χ1) is 17.6. The smallest absolute Gasteiger partial charge is 0.220 e. The molecule has 0 fully saturated rings. The highest BCUT2D eigenvalue weighted by Crippen LogP contribution is 2.12. The van der Waals surface area contributed by atoms with Gasteiger partial charge in [-0.1, -0.05) is 62.3 Å². The first-order valence-corrected chi connectivity index (χ1v) is 14.1. The standard InChI is InChI=1S/C29H51N3O6/c1-10-30-21(27(36)18(4)5)12-15-25(34)32-23(29(38)20(8)9)13-16-26(35)31-22(28(37)19(6)7)11-14-24(33)17(2)3/h17-23,30H,10-16H2,1-9H3,(H,31,35)(H,32,34). The summed E-state index contributed by atoms with van der Waals surface area (Å²) in [5.74, 6) is -2.02. The van der Waals surface area contributed by atoms with Gasteiger partial charge in [-0.15, -0.1) is 0 Å². The van der Waals surface area contributed by atoms with Gasteiger partial charge in [0, 0.05) is 42.9 Å². The topological polar surface area (TPSA) is 139 Å². The number of Topliss-reactive ketones (excluding diaryl/α,β-unsaturated/α-hetero) is 4. The van der Waals surface area contributed by atoms with E-state index in [1.165, 1.54) is 0 Å². The summed E-state index contributed by atoms with van der Waals surface area (Å²) in [6, 6.07) is -2.07. The Kier molecular flexibility index (Phi) is 16.8. The van der Waals surface area contributed by atoms with Crippen LogP contribution in [0.4, 0.5) is 0 Å². The van der Waals surface area contributed by atoms with Gasteiger partial charge in [0.1, 0.15) is 5.78 Å². The Morgan fingerprint density at radius 3 is 1.18 bits per heavy atom.